The topological polar surface area (TPSA) is 0 Å². The molecule has 0 rings (SSSR count). The van der Waals surface area contributed by atoms with Gasteiger partial charge in [-0.1, -0.05) is 27.7 Å². The average Bonchev–Trinajstić information content (AvgIpc) is 2.27. The molecule has 0 aliphatic carbocycles. The Morgan fingerprint density at radius 3 is 1.06 bits per heavy atom. The van der Waals surface area contributed by atoms with E-state index in [0.717, 1.165) is 23.0 Å². The van der Waals surface area contributed by atoms with E-state index in [1.54, 1.807) is 0 Å². The Hall–Kier alpha value is 0.700. The molecule has 0 saturated carbocycles. The van der Waals surface area contributed by atoms with Gasteiger partial charge in [-0.2, -0.15) is 0 Å². The number of hydrogen-bond acceptors (Lipinski definition) is 4. The van der Waals surface area contributed by atoms with Gasteiger partial charge in [-0.3, -0.25) is 0 Å². The monoisotopic (exact) mass is 292 g/mol. The van der Waals surface area contributed by atoms with Gasteiger partial charge in [0.25, 0.3) is 0 Å². The summed E-state index contributed by atoms with van der Waals surface area (Å²) in [5, 5.41) is 0. The minimum Gasteiger partial charge on any atom is -0.111 e. The maximum Gasteiger partial charge on any atom is 0.0909 e. The van der Waals surface area contributed by atoms with E-state index in [1.165, 1.54) is 8.47 Å². The van der Waals surface area contributed by atoms with Crippen LogP contribution >= 0.6 is 47.0 Å². The van der Waals surface area contributed by atoms with Crippen molar-refractivity contribution in [3.63, 3.8) is 0 Å². The van der Waals surface area contributed by atoms with Gasteiger partial charge in [0, 0.05) is 0 Å². The van der Waals surface area contributed by atoms with Gasteiger partial charge in [-0.15, -0.1) is 47.0 Å². The van der Waals surface area contributed by atoms with Crippen molar-refractivity contribution in [3.05, 3.63) is 19.9 Å². The highest BCUT2D eigenvalue weighted by molar-refractivity contribution is 8.22. The molecule has 0 aliphatic heterocycles. The second-order valence-corrected chi connectivity index (χ2v) is 8.17. The highest BCUT2D eigenvalue weighted by Gasteiger charge is 1.96. The summed E-state index contributed by atoms with van der Waals surface area (Å²) < 4.78 is 2.52. The van der Waals surface area contributed by atoms with E-state index in [9.17, 15) is 0 Å². The third-order valence-electron chi connectivity index (χ3n) is 1.37. The molecule has 16 heavy (non-hydrogen) atoms. The van der Waals surface area contributed by atoms with Crippen LogP contribution in [0.2, 0.25) is 0 Å². The summed E-state index contributed by atoms with van der Waals surface area (Å²) in [6, 6.07) is 0. The van der Waals surface area contributed by atoms with Crippen molar-refractivity contribution in [1.82, 2.24) is 0 Å². The molecule has 0 N–H and O–H groups in total. The van der Waals surface area contributed by atoms with Crippen LogP contribution in [-0.2, 0) is 0 Å². The van der Waals surface area contributed by atoms with Crippen molar-refractivity contribution in [3.8, 4) is 0 Å². The lowest BCUT2D eigenvalue weighted by Crippen LogP contribution is -1.73. The van der Waals surface area contributed by atoms with E-state index >= 15 is 0 Å². The molecular formula is C12H20S4. The van der Waals surface area contributed by atoms with Crippen molar-refractivity contribution in [2.45, 2.75) is 27.7 Å². The minimum atomic E-state index is 1.11. The van der Waals surface area contributed by atoms with E-state index in [2.05, 4.69) is 39.2 Å². The van der Waals surface area contributed by atoms with Crippen molar-refractivity contribution < 1.29 is 0 Å². The van der Waals surface area contributed by atoms with Crippen LogP contribution in [0.5, 0.6) is 0 Å². The van der Waals surface area contributed by atoms with Gasteiger partial charge in [0.1, 0.15) is 0 Å². The highest BCUT2D eigenvalue weighted by atomic mass is 32.2. The van der Waals surface area contributed by atoms with Gasteiger partial charge in [-0.05, 0) is 34.5 Å². The van der Waals surface area contributed by atoms with Crippen LogP contribution in [0.3, 0.4) is 0 Å². The number of thioether (sulfide) groups is 4. The Labute approximate surface area is 117 Å². The van der Waals surface area contributed by atoms with Crippen LogP contribution in [0.4, 0.5) is 0 Å². The first-order valence-electron chi connectivity index (χ1n) is 5.55. The quantitative estimate of drug-likeness (QED) is 0.546. The predicted octanol–water partition coefficient (Wildman–Crippen LogP) is 5.44. The summed E-state index contributed by atoms with van der Waals surface area (Å²) in [7, 11) is 0. The van der Waals surface area contributed by atoms with Crippen LogP contribution in [0.1, 0.15) is 27.7 Å². The van der Waals surface area contributed by atoms with Gasteiger partial charge in [-0.25, -0.2) is 0 Å². The predicted molar refractivity (Wildman–Crippen MR) is 86.6 cm³/mol. The van der Waals surface area contributed by atoms with Gasteiger partial charge in [0.2, 0.25) is 0 Å². The standard InChI is InChI=1S/C12H20S4/c1-5-13-11(14-6-2)9-10-12(15-7-3)16-8-4/h5-8H2,1-4H3. The molecule has 0 aromatic carbocycles. The first kappa shape index (κ1) is 16.7. The normalized spacial score (nSPS) is 9.50. The van der Waals surface area contributed by atoms with Crippen LogP contribution in [0.25, 0.3) is 0 Å². The fourth-order valence-corrected chi connectivity index (χ4v) is 4.48. The zero-order valence-corrected chi connectivity index (χ0v) is 13.7. The van der Waals surface area contributed by atoms with Gasteiger partial charge in [0.05, 0.1) is 8.47 Å². The van der Waals surface area contributed by atoms with Crippen molar-refractivity contribution >= 4 is 47.0 Å². The van der Waals surface area contributed by atoms with Crippen LogP contribution in [-0.4, -0.2) is 23.0 Å². The summed E-state index contributed by atoms with van der Waals surface area (Å²) >= 11 is 7.41. The SMILES string of the molecule is CCSC(=C=C=C(SCC)SCC)SCC. The summed E-state index contributed by atoms with van der Waals surface area (Å²) in [5.74, 6) is 4.42. The molecule has 0 fully saturated rings. The van der Waals surface area contributed by atoms with Gasteiger partial charge >= 0.3 is 0 Å². The Kier molecular flexibility index (Phi) is 12.7. The molecule has 4 heteroatoms. The fraction of sp³-hybridized carbons (Fsp3) is 0.667. The summed E-state index contributed by atoms with van der Waals surface area (Å²) in [6.07, 6.45) is 0. The van der Waals surface area contributed by atoms with Gasteiger partial charge < -0.3 is 0 Å². The van der Waals surface area contributed by atoms with Crippen LogP contribution in [0.15, 0.2) is 19.9 Å². The Balaban J connectivity index is 4.84. The lowest BCUT2D eigenvalue weighted by Gasteiger charge is -1.99. The van der Waals surface area contributed by atoms with E-state index in [-0.39, 0.29) is 0 Å². The van der Waals surface area contributed by atoms with E-state index in [1.807, 2.05) is 47.0 Å². The maximum atomic E-state index is 3.31. The van der Waals surface area contributed by atoms with E-state index in [0.29, 0.717) is 0 Å². The molecule has 0 spiro atoms. The van der Waals surface area contributed by atoms with Crippen LogP contribution < -0.4 is 0 Å². The molecule has 0 bridgehead atoms. The van der Waals surface area contributed by atoms with E-state index in [4.69, 9.17) is 0 Å². The second-order valence-electron chi connectivity index (χ2n) is 2.56. The van der Waals surface area contributed by atoms with Crippen molar-refractivity contribution in [2.24, 2.45) is 0 Å². The lowest BCUT2D eigenvalue weighted by atomic mass is 10.8. The summed E-state index contributed by atoms with van der Waals surface area (Å²) in [5.41, 5.74) is 6.61. The molecule has 0 aromatic heterocycles. The summed E-state index contributed by atoms with van der Waals surface area (Å²) in [4.78, 5) is 0. The molecule has 0 saturated heterocycles. The van der Waals surface area contributed by atoms with Gasteiger partial charge in [0.15, 0.2) is 0 Å². The third kappa shape index (κ3) is 8.81. The molecule has 0 radical (unpaired) electrons. The molecule has 0 aliphatic rings. The highest BCUT2D eigenvalue weighted by Crippen LogP contribution is 2.29. The Bertz CT molecular complexity index is 227. The molecule has 0 aromatic rings. The molecule has 92 valence electrons. The first-order chi connectivity index (χ1) is 7.78. The molecule has 0 unspecified atom stereocenters. The van der Waals surface area contributed by atoms with Crippen molar-refractivity contribution in [1.29, 1.82) is 0 Å². The summed E-state index contributed by atoms with van der Waals surface area (Å²) in [6.45, 7) is 8.70. The average molecular weight is 293 g/mol. The molecular weight excluding hydrogens is 272 g/mol. The largest absolute Gasteiger partial charge is 0.111 e. The lowest BCUT2D eigenvalue weighted by molar-refractivity contribution is 1.52. The Morgan fingerprint density at radius 1 is 0.625 bits per heavy atom. The zero-order valence-electron chi connectivity index (χ0n) is 10.5. The Morgan fingerprint density at radius 2 is 0.875 bits per heavy atom. The van der Waals surface area contributed by atoms with Crippen LogP contribution in [0, 0.1) is 0 Å². The first-order valence-corrected chi connectivity index (χ1v) is 9.49. The number of rotatable bonds is 8. The smallest absolute Gasteiger partial charge is 0.0909 e. The van der Waals surface area contributed by atoms with Crippen molar-refractivity contribution in [2.75, 3.05) is 23.0 Å². The fourth-order valence-electron chi connectivity index (χ4n) is 0.854. The van der Waals surface area contributed by atoms with E-state index < -0.39 is 0 Å². The maximum absolute atomic E-state index is 3.31. The molecule has 0 atom stereocenters. The third-order valence-corrected chi connectivity index (χ3v) is 5.39. The molecule has 0 nitrogen and oxygen atoms in total. The number of hydrogen-bond donors (Lipinski definition) is 0. The second kappa shape index (κ2) is 12.2. The zero-order chi connectivity index (χ0) is 12.2. The molecule has 0 heterocycles. The minimum absolute atomic E-state index is 1.11. The molecule has 0 amide bonds.